The minimum absolute atomic E-state index is 0.319. The van der Waals surface area contributed by atoms with Gasteiger partial charge in [-0.2, -0.15) is 0 Å². The minimum atomic E-state index is 0.319. The summed E-state index contributed by atoms with van der Waals surface area (Å²) in [6, 6.07) is 0. The summed E-state index contributed by atoms with van der Waals surface area (Å²) in [6.45, 7) is 5.31. The smallest absolute Gasteiger partial charge is 0.216 e. The average molecular weight is 225 g/mol. The highest BCUT2D eigenvalue weighted by Gasteiger charge is 2.20. The molecule has 0 radical (unpaired) electrons. The molecule has 1 unspecified atom stereocenters. The van der Waals surface area contributed by atoms with E-state index in [4.69, 9.17) is 9.52 Å². The van der Waals surface area contributed by atoms with Crippen LogP contribution < -0.4 is 0 Å². The second-order valence-corrected chi connectivity index (χ2v) is 4.46. The summed E-state index contributed by atoms with van der Waals surface area (Å²) in [7, 11) is 0. The fourth-order valence-corrected chi connectivity index (χ4v) is 2.16. The van der Waals surface area contributed by atoms with Gasteiger partial charge in [-0.05, 0) is 31.8 Å². The summed E-state index contributed by atoms with van der Waals surface area (Å²) in [5.41, 5.74) is 0. The first-order valence-electron chi connectivity index (χ1n) is 5.90. The van der Waals surface area contributed by atoms with Crippen molar-refractivity contribution in [3.63, 3.8) is 0 Å². The van der Waals surface area contributed by atoms with Crippen molar-refractivity contribution in [3.05, 3.63) is 11.8 Å². The van der Waals surface area contributed by atoms with E-state index in [0.29, 0.717) is 18.4 Å². The molecule has 90 valence electrons. The van der Waals surface area contributed by atoms with E-state index in [1.807, 2.05) is 6.92 Å². The number of aryl methyl sites for hydroxylation is 2. The van der Waals surface area contributed by atoms with Crippen LogP contribution in [0.4, 0.5) is 0 Å². The first-order chi connectivity index (χ1) is 7.78. The Kier molecular flexibility index (Phi) is 3.90. The molecule has 2 heterocycles. The maximum atomic E-state index is 9.03. The molecule has 1 saturated heterocycles. The summed E-state index contributed by atoms with van der Waals surface area (Å²) in [5.74, 6) is 1.84. The van der Waals surface area contributed by atoms with E-state index < -0.39 is 0 Å². The Morgan fingerprint density at radius 3 is 3.00 bits per heavy atom. The highest BCUT2D eigenvalue weighted by atomic mass is 16.4. The van der Waals surface area contributed by atoms with E-state index in [-0.39, 0.29) is 0 Å². The van der Waals surface area contributed by atoms with Gasteiger partial charge < -0.3 is 14.4 Å². The third kappa shape index (κ3) is 3.02. The van der Waals surface area contributed by atoms with Crippen LogP contribution in [0.5, 0.6) is 0 Å². The number of likely N-dealkylation sites (tertiary alicyclic amines) is 1. The van der Waals surface area contributed by atoms with Crippen LogP contribution >= 0.6 is 0 Å². The zero-order valence-electron chi connectivity index (χ0n) is 9.72. The molecule has 0 amide bonds. The van der Waals surface area contributed by atoms with E-state index in [2.05, 4.69) is 15.1 Å². The Hall–Kier alpha value is -0.940. The Balaban J connectivity index is 1.65. The number of aliphatic hydroxyl groups excluding tert-OH is 1. The lowest BCUT2D eigenvalue weighted by atomic mass is 10.1. The fraction of sp³-hybridized carbons (Fsp3) is 0.818. The van der Waals surface area contributed by atoms with Crippen LogP contribution in [0.1, 0.15) is 24.6 Å². The van der Waals surface area contributed by atoms with E-state index >= 15 is 0 Å². The lowest BCUT2D eigenvalue weighted by Gasteiger charge is -2.14. The maximum absolute atomic E-state index is 9.03. The highest BCUT2D eigenvalue weighted by molar-refractivity contribution is 4.80. The van der Waals surface area contributed by atoms with Crippen molar-refractivity contribution >= 4 is 0 Å². The summed E-state index contributed by atoms with van der Waals surface area (Å²) in [4.78, 5) is 2.39. The molecule has 1 aromatic heterocycles. The number of hydrogen-bond acceptors (Lipinski definition) is 5. The molecule has 1 aromatic rings. The van der Waals surface area contributed by atoms with E-state index in [1.54, 1.807) is 0 Å². The molecule has 5 heteroatoms. The van der Waals surface area contributed by atoms with Gasteiger partial charge in [0.2, 0.25) is 11.8 Å². The number of aliphatic hydroxyl groups is 1. The lowest BCUT2D eigenvalue weighted by molar-refractivity contribution is 0.221. The van der Waals surface area contributed by atoms with Crippen molar-refractivity contribution < 1.29 is 9.52 Å². The molecule has 0 aromatic carbocycles. The highest BCUT2D eigenvalue weighted by Crippen LogP contribution is 2.15. The van der Waals surface area contributed by atoms with E-state index in [0.717, 1.165) is 44.8 Å². The summed E-state index contributed by atoms with van der Waals surface area (Å²) in [5, 5.41) is 16.8. The van der Waals surface area contributed by atoms with Gasteiger partial charge in [0.05, 0.1) is 0 Å². The second kappa shape index (κ2) is 5.41. The summed E-state index contributed by atoms with van der Waals surface area (Å²) >= 11 is 0. The van der Waals surface area contributed by atoms with Crippen molar-refractivity contribution in [2.75, 3.05) is 26.2 Å². The molecule has 0 saturated carbocycles. The van der Waals surface area contributed by atoms with E-state index in [9.17, 15) is 0 Å². The van der Waals surface area contributed by atoms with Crippen molar-refractivity contribution in [2.45, 2.75) is 26.2 Å². The normalized spacial score (nSPS) is 21.8. The Labute approximate surface area is 95.5 Å². The zero-order valence-corrected chi connectivity index (χ0v) is 9.72. The largest absolute Gasteiger partial charge is 0.426 e. The predicted molar refractivity (Wildman–Crippen MR) is 59.0 cm³/mol. The van der Waals surface area contributed by atoms with Crippen LogP contribution in [0.25, 0.3) is 0 Å². The average Bonchev–Trinajstić information content (AvgIpc) is 2.88. The molecular weight excluding hydrogens is 206 g/mol. The molecule has 1 aliphatic heterocycles. The maximum Gasteiger partial charge on any atom is 0.216 e. The van der Waals surface area contributed by atoms with Crippen LogP contribution in [0.15, 0.2) is 4.42 Å². The number of aromatic nitrogens is 2. The molecule has 0 aliphatic carbocycles. The number of hydrogen-bond donors (Lipinski definition) is 1. The van der Waals surface area contributed by atoms with Crippen molar-refractivity contribution in [1.29, 1.82) is 0 Å². The molecule has 2 rings (SSSR count). The van der Waals surface area contributed by atoms with Gasteiger partial charge in [-0.15, -0.1) is 10.2 Å². The molecule has 0 bridgehead atoms. The van der Waals surface area contributed by atoms with Gasteiger partial charge in [-0.25, -0.2) is 0 Å². The molecule has 0 spiro atoms. The first-order valence-corrected chi connectivity index (χ1v) is 5.90. The van der Waals surface area contributed by atoms with Crippen LogP contribution in [0, 0.1) is 12.8 Å². The van der Waals surface area contributed by atoms with Gasteiger partial charge in [0.25, 0.3) is 0 Å². The molecule has 1 N–H and O–H groups in total. The molecule has 16 heavy (non-hydrogen) atoms. The van der Waals surface area contributed by atoms with Crippen LogP contribution in [-0.2, 0) is 6.42 Å². The number of nitrogens with zero attached hydrogens (tertiary/aromatic N) is 3. The van der Waals surface area contributed by atoms with E-state index in [1.165, 1.54) is 0 Å². The molecule has 1 atom stereocenters. The van der Waals surface area contributed by atoms with Gasteiger partial charge in [0.15, 0.2) is 0 Å². The van der Waals surface area contributed by atoms with Gasteiger partial charge in [-0.3, -0.25) is 0 Å². The Morgan fingerprint density at radius 1 is 1.50 bits per heavy atom. The van der Waals surface area contributed by atoms with Crippen molar-refractivity contribution in [2.24, 2.45) is 5.92 Å². The van der Waals surface area contributed by atoms with Crippen LogP contribution in [0.2, 0.25) is 0 Å². The second-order valence-electron chi connectivity index (χ2n) is 4.46. The van der Waals surface area contributed by atoms with Crippen molar-refractivity contribution in [1.82, 2.24) is 15.1 Å². The minimum Gasteiger partial charge on any atom is -0.426 e. The van der Waals surface area contributed by atoms with Gasteiger partial charge >= 0.3 is 0 Å². The van der Waals surface area contributed by atoms with Gasteiger partial charge in [0.1, 0.15) is 0 Å². The SMILES string of the molecule is Cc1nnc(CCCN2CCC(CO)C2)o1. The third-order valence-corrected chi connectivity index (χ3v) is 3.06. The molecule has 5 nitrogen and oxygen atoms in total. The third-order valence-electron chi connectivity index (χ3n) is 3.06. The molecular formula is C11H19N3O2. The van der Waals surface area contributed by atoms with Gasteiger partial charge in [-0.1, -0.05) is 0 Å². The van der Waals surface area contributed by atoms with Gasteiger partial charge in [0, 0.05) is 26.5 Å². The standard InChI is InChI=1S/C11H19N3O2/c1-9-12-13-11(16-9)3-2-5-14-6-4-10(7-14)8-15/h10,15H,2-8H2,1H3. The quantitative estimate of drug-likeness (QED) is 0.796. The summed E-state index contributed by atoms with van der Waals surface area (Å²) in [6.07, 6.45) is 3.01. The van der Waals surface area contributed by atoms with Crippen LogP contribution in [-0.4, -0.2) is 46.4 Å². The van der Waals surface area contributed by atoms with Crippen LogP contribution in [0.3, 0.4) is 0 Å². The monoisotopic (exact) mass is 225 g/mol. The molecule has 1 aliphatic rings. The Bertz CT molecular complexity index is 327. The topological polar surface area (TPSA) is 62.4 Å². The number of rotatable bonds is 5. The summed E-state index contributed by atoms with van der Waals surface area (Å²) < 4.78 is 5.31. The fourth-order valence-electron chi connectivity index (χ4n) is 2.16. The molecule has 1 fully saturated rings. The lowest BCUT2D eigenvalue weighted by Crippen LogP contribution is -2.23. The Morgan fingerprint density at radius 2 is 2.38 bits per heavy atom. The predicted octanol–water partition coefficient (Wildman–Crippen LogP) is 0.625. The van der Waals surface area contributed by atoms with Crippen molar-refractivity contribution in [3.8, 4) is 0 Å². The first kappa shape index (κ1) is 11.5. The zero-order chi connectivity index (χ0) is 11.4.